The molecule has 18 heavy (non-hydrogen) atoms. The molecule has 2 atom stereocenters. The Morgan fingerprint density at radius 1 is 1.56 bits per heavy atom. The molecule has 3 N–H and O–H groups in total. The van der Waals surface area contributed by atoms with Crippen molar-refractivity contribution in [3.63, 3.8) is 0 Å². The molecular weight excluding hydrogens is 228 g/mol. The van der Waals surface area contributed by atoms with E-state index in [0.717, 1.165) is 18.5 Å². The van der Waals surface area contributed by atoms with E-state index in [9.17, 15) is 4.79 Å². The minimum absolute atomic E-state index is 0.0888. The highest BCUT2D eigenvalue weighted by Crippen LogP contribution is 2.25. The second-order valence-electron chi connectivity index (χ2n) is 5.25. The minimum atomic E-state index is -0.0888. The van der Waals surface area contributed by atoms with Gasteiger partial charge in [0.2, 0.25) is 0 Å². The van der Waals surface area contributed by atoms with Crippen LogP contribution >= 0.6 is 0 Å². The van der Waals surface area contributed by atoms with Crippen molar-refractivity contribution in [2.75, 3.05) is 5.73 Å². The van der Waals surface area contributed by atoms with Crippen LogP contribution in [-0.2, 0) is 6.54 Å². The van der Waals surface area contributed by atoms with E-state index in [0.29, 0.717) is 23.8 Å². The summed E-state index contributed by atoms with van der Waals surface area (Å²) < 4.78 is 1.68. The quantitative estimate of drug-likeness (QED) is 0.857. The third kappa shape index (κ3) is 2.35. The topological polar surface area (TPSA) is 72.9 Å². The molecule has 1 aromatic heterocycles. The smallest absolute Gasteiger partial charge is 0.271 e. The van der Waals surface area contributed by atoms with Crippen LogP contribution in [0.3, 0.4) is 0 Å². The van der Waals surface area contributed by atoms with Crippen LogP contribution in [0.1, 0.15) is 49.3 Å². The van der Waals surface area contributed by atoms with Crippen molar-refractivity contribution in [1.29, 1.82) is 0 Å². The molecule has 1 aliphatic rings. The van der Waals surface area contributed by atoms with Crippen molar-refractivity contribution < 1.29 is 4.79 Å². The molecule has 2 unspecified atom stereocenters. The molecule has 1 saturated carbocycles. The van der Waals surface area contributed by atoms with Gasteiger partial charge < -0.3 is 11.1 Å². The van der Waals surface area contributed by atoms with E-state index < -0.39 is 0 Å². The molecule has 100 valence electrons. The summed E-state index contributed by atoms with van der Waals surface area (Å²) >= 11 is 0. The highest BCUT2D eigenvalue weighted by Gasteiger charge is 2.26. The highest BCUT2D eigenvalue weighted by molar-refractivity contribution is 5.98. The van der Waals surface area contributed by atoms with Gasteiger partial charge in [-0.15, -0.1) is 0 Å². The minimum Gasteiger partial charge on any atom is -0.395 e. The van der Waals surface area contributed by atoms with Crippen molar-refractivity contribution in [3.05, 3.63) is 11.4 Å². The number of hydrogen-bond acceptors (Lipinski definition) is 3. The standard InChI is InChI=1S/C13H22N4O/c1-4-17-12(11(14)9(3)16-17)13(18)15-10-6-5-8(2)7-10/h8,10H,4-7,14H2,1-3H3,(H,15,18). The fourth-order valence-corrected chi connectivity index (χ4v) is 2.66. The van der Waals surface area contributed by atoms with E-state index in [-0.39, 0.29) is 11.9 Å². The number of nitrogens with two attached hydrogens (primary N) is 1. The van der Waals surface area contributed by atoms with Crippen molar-refractivity contribution in [2.45, 2.75) is 52.6 Å². The van der Waals surface area contributed by atoms with Gasteiger partial charge in [0.05, 0.1) is 11.4 Å². The zero-order valence-electron chi connectivity index (χ0n) is 11.4. The normalized spacial score (nSPS) is 23.3. The Balaban J connectivity index is 2.13. The number of hydrogen-bond donors (Lipinski definition) is 2. The molecule has 5 nitrogen and oxygen atoms in total. The average molecular weight is 250 g/mol. The number of amides is 1. The number of nitrogen functional groups attached to an aromatic ring is 1. The largest absolute Gasteiger partial charge is 0.395 e. The van der Waals surface area contributed by atoms with Crippen molar-refractivity contribution in [1.82, 2.24) is 15.1 Å². The fraction of sp³-hybridized carbons (Fsp3) is 0.692. The molecule has 1 aromatic rings. The second kappa shape index (κ2) is 5.00. The monoisotopic (exact) mass is 250 g/mol. The van der Waals surface area contributed by atoms with Gasteiger partial charge in [-0.3, -0.25) is 9.48 Å². The molecule has 5 heteroatoms. The first-order chi connectivity index (χ1) is 8.52. The number of carbonyl (C=O) groups is 1. The summed E-state index contributed by atoms with van der Waals surface area (Å²) in [5, 5.41) is 7.34. The van der Waals surface area contributed by atoms with Crippen LogP contribution in [0.2, 0.25) is 0 Å². The molecule has 0 saturated heterocycles. The fourth-order valence-electron chi connectivity index (χ4n) is 2.66. The maximum Gasteiger partial charge on any atom is 0.271 e. The Labute approximate surface area is 108 Å². The average Bonchev–Trinajstić information content (AvgIpc) is 2.84. The number of carbonyl (C=O) groups excluding carboxylic acids is 1. The Hall–Kier alpha value is -1.52. The van der Waals surface area contributed by atoms with Crippen molar-refractivity contribution >= 4 is 11.6 Å². The van der Waals surface area contributed by atoms with Crippen LogP contribution in [0, 0.1) is 12.8 Å². The van der Waals surface area contributed by atoms with Crippen LogP contribution in [0.5, 0.6) is 0 Å². The van der Waals surface area contributed by atoms with Crippen molar-refractivity contribution in [2.24, 2.45) is 5.92 Å². The lowest BCUT2D eigenvalue weighted by Gasteiger charge is -2.13. The van der Waals surface area contributed by atoms with Crippen molar-refractivity contribution in [3.8, 4) is 0 Å². The second-order valence-corrected chi connectivity index (χ2v) is 5.25. The van der Waals surface area contributed by atoms with Gasteiger partial charge in [-0.1, -0.05) is 6.92 Å². The summed E-state index contributed by atoms with van der Waals surface area (Å²) in [5.41, 5.74) is 7.67. The van der Waals surface area contributed by atoms with Gasteiger partial charge >= 0.3 is 0 Å². The lowest BCUT2D eigenvalue weighted by molar-refractivity contribution is 0.0927. The number of anilines is 1. The van der Waals surface area contributed by atoms with Gasteiger partial charge in [-0.25, -0.2) is 0 Å². The molecule has 1 fully saturated rings. The van der Waals surface area contributed by atoms with Gasteiger partial charge in [-0.2, -0.15) is 5.10 Å². The zero-order chi connectivity index (χ0) is 13.3. The van der Waals surface area contributed by atoms with Gasteiger partial charge in [0.1, 0.15) is 5.69 Å². The van der Waals surface area contributed by atoms with Gasteiger partial charge in [0, 0.05) is 12.6 Å². The predicted octanol–water partition coefficient (Wildman–Crippen LogP) is 1.71. The Morgan fingerprint density at radius 3 is 2.83 bits per heavy atom. The summed E-state index contributed by atoms with van der Waals surface area (Å²) in [5.74, 6) is 0.611. The number of aryl methyl sites for hydroxylation is 2. The van der Waals surface area contributed by atoms with Crippen LogP contribution in [-0.4, -0.2) is 21.7 Å². The number of nitrogens with zero attached hydrogens (tertiary/aromatic N) is 2. The summed E-state index contributed by atoms with van der Waals surface area (Å²) in [6.45, 7) is 6.67. The Morgan fingerprint density at radius 2 is 2.28 bits per heavy atom. The lowest BCUT2D eigenvalue weighted by atomic mass is 10.1. The molecule has 0 bridgehead atoms. The van der Waals surface area contributed by atoms with E-state index in [1.807, 2.05) is 13.8 Å². The van der Waals surface area contributed by atoms with E-state index >= 15 is 0 Å². The third-order valence-electron chi connectivity index (χ3n) is 3.72. The zero-order valence-corrected chi connectivity index (χ0v) is 11.4. The molecule has 1 aliphatic carbocycles. The molecule has 2 rings (SSSR count). The number of nitrogens with one attached hydrogen (secondary N) is 1. The van der Waals surface area contributed by atoms with Crippen LogP contribution in [0.4, 0.5) is 5.69 Å². The molecule has 0 aliphatic heterocycles. The molecule has 1 heterocycles. The lowest BCUT2D eigenvalue weighted by Crippen LogP contribution is -2.34. The maximum atomic E-state index is 12.3. The summed E-state index contributed by atoms with van der Waals surface area (Å²) in [6.07, 6.45) is 3.31. The SMILES string of the molecule is CCn1nc(C)c(N)c1C(=O)NC1CCC(C)C1. The summed E-state index contributed by atoms with van der Waals surface area (Å²) in [6, 6.07) is 0.285. The predicted molar refractivity (Wildman–Crippen MR) is 71.3 cm³/mol. The Bertz CT molecular complexity index is 452. The summed E-state index contributed by atoms with van der Waals surface area (Å²) in [7, 11) is 0. The van der Waals surface area contributed by atoms with Crippen LogP contribution < -0.4 is 11.1 Å². The molecule has 0 spiro atoms. The summed E-state index contributed by atoms with van der Waals surface area (Å²) in [4.78, 5) is 12.3. The number of rotatable bonds is 3. The van der Waals surface area contributed by atoms with Crippen LogP contribution in [0.15, 0.2) is 0 Å². The van der Waals surface area contributed by atoms with E-state index in [2.05, 4.69) is 17.3 Å². The maximum absolute atomic E-state index is 12.3. The third-order valence-corrected chi connectivity index (χ3v) is 3.72. The highest BCUT2D eigenvalue weighted by atomic mass is 16.2. The van der Waals surface area contributed by atoms with E-state index in [1.54, 1.807) is 4.68 Å². The molecule has 1 amide bonds. The molecule has 0 aromatic carbocycles. The first-order valence-electron chi connectivity index (χ1n) is 6.66. The van der Waals surface area contributed by atoms with Gasteiger partial charge in [0.15, 0.2) is 0 Å². The molecular formula is C13H22N4O. The first kappa shape index (κ1) is 12.9. The van der Waals surface area contributed by atoms with Gasteiger partial charge in [-0.05, 0) is 39.0 Å². The number of aromatic nitrogens is 2. The van der Waals surface area contributed by atoms with E-state index in [4.69, 9.17) is 5.73 Å². The first-order valence-corrected chi connectivity index (χ1v) is 6.66. The van der Waals surface area contributed by atoms with Gasteiger partial charge in [0.25, 0.3) is 5.91 Å². The van der Waals surface area contributed by atoms with E-state index in [1.165, 1.54) is 6.42 Å². The molecule has 0 radical (unpaired) electrons. The Kier molecular flexibility index (Phi) is 3.59. The van der Waals surface area contributed by atoms with Crippen LogP contribution in [0.25, 0.3) is 0 Å².